The van der Waals surface area contributed by atoms with E-state index in [0.29, 0.717) is 0 Å². The first-order chi connectivity index (χ1) is 11.9. The lowest BCUT2D eigenvalue weighted by Crippen LogP contribution is -2.29. The van der Waals surface area contributed by atoms with Crippen LogP contribution in [0, 0.1) is 0 Å². The third kappa shape index (κ3) is 2.38. The van der Waals surface area contributed by atoms with Gasteiger partial charge in [0.05, 0.1) is 5.41 Å². The molecule has 0 radical (unpaired) electrons. The van der Waals surface area contributed by atoms with Gasteiger partial charge in [-0.05, 0) is 28.1 Å². The molecule has 1 heterocycles. The van der Waals surface area contributed by atoms with Gasteiger partial charge < -0.3 is 0 Å². The lowest BCUT2D eigenvalue weighted by atomic mass is 9.68. The Labute approximate surface area is 147 Å². The smallest absolute Gasteiger partial charge is 0.0794 e. The zero-order valence-electron chi connectivity index (χ0n) is 13.3. The molecule has 0 unspecified atom stereocenters. The van der Waals surface area contributed by atoms with E-state index in [1.165, 1.54) is 21.6 Å². The number of rotatable bonds is 4. The van der Waals surface area contributed by atoms with Crippen LogP contribution in [-0.2, 0) is 5.41 Å². The first kappa shape index (κ1) is 14.9. The summed E-state index contributed by atoms with van der Waals surface area (Å²) >= 11 is 1.81. The molecule has 0 aliphatic carbocycles. The molecule has 0 N–H and O–H groups in total. The van der Waals surface area contributed by atoms with E-state index in [0.717, 1.165) is 0 Å². The first-order valence-corrected chi connectivity index (χ1v) is 9.01. The quantitative estimate of drug-likeness (QED) is 0.396. The minimum Gasteiger partial charge on any atom is -0.147 e. The van der Waals surface area contributed by atoms with E-state index in [-0.39, 0.29) is 5.41 Å². The molecule has 0 aliphatic heterocycles. The van der Waals surface area contributed by atoms with Crippen molar-refractivity contribution >= 4 is 11.3 Å². The molecule has 0 spiro atoms. The van der Waals surface area contributed by atoms with Crippen molar-refractivity contribution in [1.82, 2.24) is 0 Å². The average Bonchev–Trinajstić information content (AvgIpc) is 3.20. The molecular weight excluding hydrogens is 308 g/mol. The molecule has 0 nitrogen and oxygen atoms in total. The zero-order chi connectivity index (χ0) is 16.2. The van der Waals surface area contributed by atoms with Crippen molar-refractivity contribution in [2.24, 2.45) is 0 Å². The van der Waals surface area contributed by atoms with Crippen LogP contribution in [0.15, 0.2) is 109 Å². The van der Waals surface area contributed by atoms with Crippen molar-refractivity contribution in [3.63, 3.8) is 0 Å². The van der Waals surface area contributed by atoms with Gasteiger partial charge in [-0.15, -0.1) is 11.3 Å². The normalized spacial score (nSPS) is 11.3. The highest BCUT2D eigenvalue weighted by Crippen LogP contribution is 2.46. The zero-order valence-corrected chi connectivity index (χ0v) is 14.1. The largest absolute Gasteiger partial charge is 0.147 e. The maximum Gasteiger partial charge on any atom is 0.0794 e. The summed E-state index contributed by atoms with van der Waals surface area (Å²) < 4.78 is 0. The fourth-order valence-corrected chi connectivity index (χ4v) is 4.47. The number of hydrogen-bond acceptors (Lipinski definition) is 1. The van der Waals surface area contributed by atoms with Crippen LogP contribution in [0.4, 0.5) is 0 Å². The Bertz CT molecular complexity index is 782. The minimum atomic E-state index is -0.280. The summed E-state index contributed by atoms with van der Waals surface area (Å²) in [7, 11) is 0. The van der Waals surface area contributed by atoms with Gasteiger partial charge in [0.15, 0.2) is 0 Å². The van der Waals surface area contributed by atoms with E-state index in [1.54, 1.807) is 0 Å². The molecule has 1 heteroatoms. The summed E-state index contributed by atoms with van der Waals surface area (Å²) in [5.74, 6) is 0. The van der Waals surface area contributed by atoms with Gasteiger partial charge in [0.25, 0.3) is 0 Å². The van der Waals surface area contributed by atoms with Crippen LogP contribution in [0.1, 0.15) is 21.6 Å². The van der Waals surface area contributed by atoms with E-state index >= 15 is 0 Å². The van der Waals surface area contributed by atoms with E-state index in [9.17, 15) is 0 Å². The fraction of sp³-hybridized carbons (Fsp3) is 0.0435. The Kier molecular flexibility index (Phi) is 4.02. The van der Waals surface area contributed by atoms with Crippen molar-refractivity contribution < 1.29 is 0 Å². The topological polar surface area (TPSA) is 0 Å². The molecule has 0 bridgehead atoms. The highest BCUT2D eigenvalue weighted by atomic mass is 32.1. The van der Waals surface area contributed by atoms with Crippen molar-refractivity contribution in [2.45, 2.75) is 5.41 Å². The number of benzene rings is 3. The summed E-state index contributed by atoms with van der Waals surface area (Å²) in [4.78, 5) is 1.34. The van der Waals surface area contributed by atoms with Gasteiger partial charge in [0, 0.05) is 4.88 Å². The monoisotopic (exact) mass is 326 g/mol. The maximum absolute atomic E-state index is 2.25. The fourth-order valence-electron chi connectivity index (χ4n) is 3.48. The summed E-state index contributed by atoms with van der Waals surface area (Å²) in [5.41, 5.74) is 3.61. The van der Waals surface area contributed by atoms with Crippen LogP contribution in [0.3, 0.4) is 0 Å². The van der Waals surface area contributed by atoms with Crippen molar-refractivity contribution in [3.8, 4) is 0 Å². The molecule has 0 fully saturated rings. The van der Waals surface area contributed by atoms with Gasteiger partial charge in [-0.3, -0.25) is 0 Å². The van der Waals surface area contributed by atoms with Crippen LogP contribution >= 0.6 is 11.3 Å². The van der Waals surface area contributed by atoms with Gasteiger partial charge in [-0.25, -0.2) is 0 Å². The highest BCUT2D eigenvalue weighted by molar-refractivity contribution is 7.10. The highest BCUT2D eigenvalue weighted by Gasteiger charge is 2.38. The van der Waals surface area contributed by atoms with Crippen molar-refractivity contribution in [2.75, 3.05) is 0 Å². The average molecular weight is 326 g/mol. The van der Waals surface area contributed by atoms with Crippen molar-refractivity contribution in [1.29, 1.82) is 0 Å². The first-order valence-electron chi connectivity index (χ1n) is 8.13. The molecule has 3 aromatic carbocycles. The van der Waals surface area contributed by atoms with E-state index < -0.39 is 0 Å². The van der Waals surface area contributed by atoms with Crippen LogP contribution in [0.5, 0.6) is 0 Å². The Morgan fingerprint density at radius 3 is 1.21 bits per heavy atom. The molecule has 0 aliphatic rings. The molecule has 0 saturated carbocycles. The minimum absolute atomic E-state index is 0.280. The second-order valence-corrected chi connectivity index (χ2v) is 6.77. The van der Waals surface area contributed by atoms with Gasteiger partial charge in [0.2, 0.25) is 0 Å². The van der Waals surface area contributed by atoms with Crippen LogP contribution in [-0.4, -0.2) is 0 Å². The molecule has 24 heavy (non-hydrogen) atoms. The molecule has 1 aromatic heterocycles. The SMILES string of the molecule is c1ccc(C(c2ccccc2)(c2ccccc2)c2cccs2)cc1. The Morgan fingerprint density at radius 1 is 0.458 bits per heavy atom. The third-order valence-electron chi connectivity index (χ3n) is 4.51. The Morgan fingerprint density at radius 2 is 0.875 bits per heavy atom. The van der Waals surface area contributed by atoms with Crippen LogP contribution < -0.4 is 0 Å². The van der Waals surface area contributed by atoms with Gasteiger partial charge >= 0.3 is 0 Å². The molecule has 116 valence electrons. The lowest BCUT2D eigenvalue weighted by Gasteiger charge is -2.35. The third-order valence-corrected chi connectivity index (χ3v) is 5.50. The lowest BCUT2D eigenvalue weighted by molar-refractivity contribution is 0.763. The number of hydrogen-bond donors (Lipinski definition) is 0. The van der Waals surface area contributed by atoms with Crippen LogP contribution in [0.2, 0.25) is 0 Å². The molecular formula is C23H18S. The molecule has 4 rings (SSSR count). The molecule has 0 amide bonds. The Hall–Kier alpha value is -2.64. The van der Waals surface area contributed by atoms with Gasteiger partial charge in [-0.2, -0.15) is 0 Å². The summed E-state index contributed by atoms with van der Waals surface area (Å²) in [6, 6.07) is 36.8. The van der Waals surface area contributed by atoms with Crippen molar-refractivity contribution in [3.05, 3.63) is 130 Å². The van der Waals surface area contributed by atoms with Gasteiger partial charge in [0.1, 0.15) is 0 Å². The van der Waals surface area contributed by atoms with Gasteiger partial charge in [-0.1, -0.05) is 97.1 Å². The van der Waals surface area contributed by atoms with E-state index in [2.05, 4.69) is 109 Å². The summed E-state index contributed by atoms with van der Waals surface area (Å²) in [6.07, 6.45) is 0. The predicted molar refractivity (Wildman–Crippen MR) is 103 cm³/mol. The van der Waals surface area contributed by atoms with Crippen LogP contribution in [0.25, 0.3) is 0 Å². The summed E-state index contributed by atoms with van der Waals surface area (Å²) in [5, 5.41) is 2.17. The predicted octanol–water partition coefficient (Wildman–Crippen LogP) is 6.13. The molecule has 0 saturated heterocycles. The Balaban J connectivity index is 2.12. The molecule has 4 aromatic rings. The maximum atomic E-state index is 2.25. The van der Waals surface area contributed by atoms with E-state index in [1.807, 2.05) is 11.3 Å². The standard InChI is InChI=1S/C23H18S/c1-4-11-19(12-5-1)23(22-17-10-18-24-22,20-13-6-2-7-14-20)21-15-8-3-9-16-21/h1-18H. The summed E-state index contributed by atoms with van der Waals surface area (Å²) in [6.45, 7) is 0. The van der Waals surface area contributed by atoms with E-state index in [4.69, 9.17) is 0 Å². The second-order valence-electron chi connectivity index (χ2n) is 5.83. The number of thiophene rings is 1. The molecule has 0 atom stereocenters. The second kappa shape index (κ2) is 6.46.